The summed E-state index contributed by atoms with van der Waals surface area (Å²) in [6, 6.07) is 0.294. The van der Waals surface area contributed by atoms with Crippen molar-refractivity contribution < 1.29 is 9.53 Å². The van der Waals surface area contributed by atoms with Crippen LogP contribution in [0.4, 0.5) is 4.79 Å². The van der Waals surface area contributed by atoms with E-state index in [1.807, 2.05) is 20.8 Å². The number of ether oxygens (including phenoxy) is 1. The SMILES string of the molecule is CC(C)(C)OC(=O)N[C@@H]1CC[C@H]2CCNC[C@H]21. The predicted molar refractivity (Wildman–Crippen MR) is 66.9 cm³/mol. The van der Waals surface area contributed by atoms with Crippen LogP contribution in [0.3, 0.4) is 0 Å². The number of carbonyl (C=O) groups is 1. The van der Waals surface area contributed by atoms with E-state index in [2.05, 4.69) is 10.6 Å². The fraction of sp³-hybridized carbons (Fsp3) is 0.923. The first-order valence-corrected chi connectivity index (χ1v) is 6.66. The summed E-state index contributed by atoms with van der Waals surface area (Å²) < 4.78 is 5.31. The summed E-state index contributed by atoms with van der Waals surface area (Å²) in [6.07, 6.45) is 3.31. The molecule has 1 aliphatic carbocycles. The summed E-state index contributed by atoms with van der Waals surface area (Å²) in [4.78, 5) is 11.7. The Kier molecular flexibility index (Phi) is 3.61. The van der Waals surface area contributed by atoms with Crippen molar-refractivity contribution in [2.45, 2.75) is 51.7 Å². The van der Waals surface area contributed by atoms with Crippen molar-refractivity contribution in [3.05, 3.63) is 0 Å². The van der Waals surface area contributed by atoms with E-state index in [0.717, 1.165) is 25.4 Å². The normalized spacial score (nSPS) is 33.0. The van der Waals surface area contributed by atoms with E-state index >= 15 is 0 Å². The van der Waals surface area contributed by atoms with Gasteiger partial charge in [-0.2, -0.15) is 0 Å². The highest BCUT2D eigenvalue weighted by Gasteiger charge is 2.38. The molecule has 4 heteroatoms. The molecular formula is C13H24N2O2. The highest BCUT2D eigenvalue weighted by molar-refractivity contribution is 5.68. The van der Waals surface area contributed by atoms with Gasteiger partial charge in [-0.15, -0.1) is 0 Å². The van der Waals surface area contributed by atoms with Crippen molar-refractivity contribution in [3.63, 3.8) is 0 Å². The molecule has 0 spiro atoms. The minimum absolute atomic E-state index is 0.270. The highest BCUT2D eigenvalue weighted by atomic mass is 16.6. The molecule has 1 saturated carbocycles. The van der Waals surface area contributed by atoms with E-state index in [4.69, 9.17) is 4.74 Å². The zero-order valence-corrected chi connectivity index (χ0v) is 11.1. The Morgan fingerprint density at radius 3 is 2.76 bits per heavy atom. The van der Waals surface area contributed by atoms with Gasteiger partial charge in [0.25, 0.3) is 0 Å². The third-order valence-electron chi connectivity index (χ3n) is 3.74. The molecule has 0 radical (unpaired) electrons. The lowest BCUT2D eigenvalue weighted by Crippen LogP contribution is -2.46. The summed E-state index contributed by atoms with van der Waals surface area (Å²) in [7, 11) is 0. The van der Waals surface area contributed by atoms with Crippen molar-refractivity contribution in [2.24, 2.45) is 11.8 Å². The first-order valence-electron chi connectivity index (χ1n) is 6.66. The topological polar surface area (TPSA) is 50.4 Å². The molecule has 1 heterocycles. The van der Waals surface area contributed by atoms with Gasteiger partial charge < -0.3 is 15.4 Å². The van der Waals surface area contributed by atoms with Crippen LogP contribution in [0.15, 0.2) is 0 Å². The van der Waals surface area contributed by atoms with Crippen LogP contribution in [0.1, 0.15) is 40.0 Å². The van der Waals surface area contributed by atoms with Gasteiger partial charge in [0.05, 0.1) is 0 Å². The summed E-state index contributed by atoms with van der Waals surface area (Å²) in [5.74, 6) is 1.38. The average molecular weight is 240 g/mol. The lowest BCUT2D eigenvalue weighted by molar-refractivity contribution is 0.0486. The summed E-state index contributed by atoms with van der Waals surface area (Å²) >= 11 is 0. The lowest BCUT2D eigenvalue weighted by atomic mass is 9.88. The second kappa shape index (κ2) is 4.84. The van der Waals surface area contributed by atoms with Gasteiger partial charge in [-0.05, 0) is 58.4 Å². The second-order valence-corrected chi connectivity index (χ2v) is 6.25. The minimum Gasteiger partial charge on any atom is -0.444 e. The zero-order chi connectivity index (χ0) is 12.5. The molecule has 0 aromatic carbocycles. The Morgan fingerprint density at radius 1 is 1.29 bits per heavy atom. The van der Waals surface area contributed by atoms with Gasteiger partial charge in [-0.3, -0.25) is 0 Å². The van der Waals surface area contributed by atoms with E-state index in [1.54, 1.807) is 0 Å². The summed E-state index contributed by atoms with van der Waals surface area (Å²) in [6.45, 7) is 7.84. The molecule has 0 aromatic rings. The lowest BCUT2D eigenvalue weighted by Gasteiger charge is -2.30. The van der Waals surface area contributed by atoms with Gasteiger partial charge >= 0.3 is 6.09 Å². The molecule has 17 heavy (non-hydrogen) atoms. The Morgan fingerprint density at radius 2 is 2.06 bits per heavy atom. The van der Waals surface area contributed by atoms with Crippen molar-refractivity contribution in [3.8, 4) is 0 Å². The number of hydrogen-bond acceptors (Lipinski definition) is 3. The van der Waals surface area contributed by atoms with Crippen LogP contribution in [-0.2, 0) is 4.74 Å². The van der Waals surface area contributed by atoms with Gasteiger partial charge in [0.2, 0.25) is 0 Å². The first kappa shape index (κ1) is 12.7. The standard InChI is InChI=1S/C13H24N2O2/c1-13(2,3)17-12(16)15-11-5-4-9-6-7-14-8-10(9)11/h9-11,14H,4-8H2,1-3H3,(H,15,16)/t9-,10+,11+/m0/s1. The molecule has 0 aromatic heterocycles. The van der Waals surface area contributed by atoms with Gasteiger partial charge in [0, 0.05) is 12.6 Å². The molecule has 98 valence electrons. The third kappa shape index (κ3) is 3.35. The van der Waals surface area contributed by atoms with Gasteiger partial charge in [0.1, 0.15) is 5.60 Å². The quantitative estimate of drug-likeness (QED) is 0.736. The average Bonchev–Trinajstić information content (AvgIpc) is 2.59. The van der Waals surface area contributed by atoms with E-state index in [0.29, 0.717) is 12.0 Å². The van der Waals surface area contributed by atoms with Crippen LogP contribution in [0.25, 0.3) is 0 Å². The number of carbonyl (C=O) groups excluding carboxylic acids is 1. The highest BCUT2D eigenvalue weighted by Crippen LogP contribution is 2.35. The molecule has 0 bridgehead atoms. The molecule has 4 nitrogen and oxygen atoms in total. The number of nitrogens with one attached hydrogen (secondary N) is 2. The van der Waals surface area contributed by atoms with E-state index < -0.39 is 5.60 Å². The molecule has 2 aliphatic rings. The number of fused-ring (bicyclic) bond motifs is 1. The maximum Gasteiger partial charge on any atom is 0.407 e. The second-order valence-electron chi connectivity index (χ2n) is 6.25. The van der Waals surface area contributed by atoms with Gasteiger partial charge in [-0.25, -0.2) is 4.79 Å². The van der Waals surface area contributed by atoms with Crippen LogP contribution < -0.4 is 10.6 Å². The molecule has 2 N–H and O–H groups in total. The van der Waals surface area contributed by atoms with Crippen molar-refractivity contribution in [1.82, 2.24) is 10.6 Å². The first-order chi connectivity index (χ1) is 7.96. The van der Waals surface area contributed by atoms with Crippen molar-refractivity contribution in [2.75, 3.05) is 13.1 Å². The molecule has 2 rings (SSSR count). The Hall–Kier alpha value is -0.770. The summed E-state index contributed by atoms with van der Waals surface area (Å²) in [5, 5.41) is 6.45. The predicted octanol–water partition coefficient (Wildman–Crippen LogP) is 1.90. The Labute approximate surface area is 103 Å². The molecular weight excluding hydrogens is 216 g/mol. The fourth-order valence-corrected chi connectivity index (χ4v) is 3.01. The number of hydrogen-bond donors (Lipinski definition) is 2. The largest absolute Gasteiger partial charge is 0.444 e. The number of rotatable bonds is 1. The number of amides is 1. The smallest absolute Gasteiger partial charge is 0.407 e. The van der Waals surface area contributed by atoms with Crippen molar-refractivity contribution in [1.29, 1.82) is 0 Å². The zero-order valence-electron chi connectivity index (χ0n) is 11.1. The monoisotopic (exact) mass is 240 g/mol. The number of alkyl carbamates (subject to hydrolysis) is 1. The molecule has 1 aliphatic heterocycles. The Balaban J connectivity index is 1.85. The third-order valence-corrected chi connectivity index (χ3v) is 3.74. The molecule has 2 fully saturated rings. The van der Waals surface area contributed by atoms with E-state index in [-0.39, 0.29) is 6.09 Å². The number of piperidine rings is 1. The van der Waals surface area contributed by atoms with Crippen LogP contribution in [0.5, 0.6) is 0 Å². The molecule has 3 atom stereocenters. The van der Waals surface area contributed by atoms with Crippen LogP contribution in [0, 0.1) is 11.8 Å². The van der Waals surface area contributed by atoms with Crippen LogP contribution in [0.2, 0.25) is 0 Å². The van der Waals surface area contributed by atoms with E-state index in [1.165, 1.54) is 12.8 Å². The van der Waals surface area contributed by atoms with Gasteiger partial charge in [-0.1, -0.05) is 0 Å². The van der Waals surface area contributed by atoms with Crippen LogP contribution >= 0.6 is 0 Å². The maximum atomic E-state index is 11.7. The van der Waals surface area contributed by atoms with Crippen LogP contribution in [-0.4, -0.2) is 30.8 Å². The van der Waals surface area contributed by atoms with E-state index in [9.17, 15) is 4.79 Å². The van der Waals surface area contributed by atoms with Crippen molar-refractivity contribution >= 4 is 6.09 Å². The Bertz CT molecular complexity index is 286. The molecule has 1 saturated heterocycles. The minimum atomic E-state index is -0.410. The summed E-state index contributed by atoms with van der Waals surface area (Å²) in [5.41, 5.74) is -0.410. The molecule has 0 unspecified atom stereocenters. The van der Waals surface area contributed by atoms with Gasteiger partial charge in [0.15, 0.2) is 0 Å². The maximum absolute atomic E-state index is 11.7. The molecule has 1 amide bonds. The fourth-order valence-electron chi connectivity index (χ4n) is 3.01.